The highest BCUT2D eigenvalue weighted by molar-refractivity contribution is 8.04. The molecule has 0 radical (unpaired) electrons. The number of halogens is 1. The average molecular weight is 507 g/mol. The summed E-state index contributed by atoms with van der Waals surface area (Å²) in [7, 11) is 1.54. The van der Waals surface area contributed by atoms with Crippen LogP contribution in [0.15, 0.2) is 82.2 Å². The van der Waals surface area contributed by atoms with Crippen molar-refractivity contribution in [1.29, 1.82) is 0 Å². The summed E-state index contributed by atoms with van der Waals surface area (Å²) in [6.07, 6.45) is 3.17. The zero-order valence-corrected chi connectivity index (χ0v) is 21.5. The number of ether oxygens (including phenoxy) is 1. The molecule has 0 spiro atoms. The first kappa shape index (κ1) is 24.9. The van der Waals surface area contributed by atoms with Crippen LogP contribution in [-0.2, 0) is 16.0 Å². The fourth-order valence-corrected chi connectivity index (χ4v) is 4.91. The van der Waals surface area contributed by atoms with Gasteiger partial charge in [-0.25, -0.2) is 4.90 Å². The van der Waals surface area contributed by atoms with Crippen LogP contribution in [0.3, 0.4) is 0 Å². The van der Waals surface area contributed by atoms with Gasteiger partial charge < -0.3 is 10.1 Å². The highest BCUT2D eigenvalue weighted by Gasteiger charge is 2.40. The van der Waals surface area contributed by atoms with Gasteiger partial charge in [0.15, 0.2) is 0 Å². The highest BCUT2D eigenvalue weighted by Crippen LogP contribution is 2.40. The number of hydrogen-bond acceptors (Lipinski definition) is 5. The third-order valence-electron chi connectivity index (χ3n) is 5.76. The van der Waals surface area contributed by atoms with Gasteiger partial charge in [0.05, 0.1) is 18.5 Å². The molecule has 0 aromatic heterocycles. The van der Waals surface area contributed by atoms with E-state index in [1.165, 1.54) is 29.3 Å². The monoisotopic (exact) mass is 506 g/mol. The maximum absolute atomic E-state index is 13.6. The predicted octanol–water partition coefficient (Wildman–Crippen LogP) is 6.99. The number of amides is 2. The largest absolute Gasteiger partial charge is 0.495 e. The van der Waals surface area contributed by atoms with Crippen LogP contribution in [0.4, 0.5) is 11.4 Å². The SMILES string of the molecule is CCCCc1ccc(N2C(=O)C(Nc3cc(C)c(Cl)cc3OC)=C(Sc3ccccc3)C2=O)cc1. The molecule has 0 fully saturated rings. The van der Waals surface area contributed by atoms with E-state index in [0.29, 0.717) is 27.1 Å². The lowest BCUT2D eigenvalue weighted by atomic mass is 10.1. The number of thioether (sulfide) groups is 1. The van der Waals surface area contributed by atoms with E-state index < -0.39 is 5.91 Å². The molecule has 0 bridgehead atoms. The van der Waals surface area contributed by atoms with Crippen molar-refractivity contribution in [2.45, 2.75) is 38.0 Å². The second-order valence-corrected chi connectivity index (χ2v) is 9.75. The normalized spacial score (nSPS) is 13.5. The third kappa shape index (κ3) is 5.39. The molecule has 0 aliphatic carbocycles. The molecule has 0 saturated heterocycles. The lowest BCUT2D eigenvalue weighted by molar-refractivity contribution is -0.120. The molecule has 0 saturated carbocycles. The molecular weight excluding hydrogens is 480 g/mol. The van der Waals surface area contributed by atoms with E-state index in [-0.39, 0.29) is 11.6 Å². The minimum absolute atomic E-state index is 0.207. The van der Waals surface area contributed by atoms with E-state index in [4.69, 9.17) is 16.3 Å². The smallest absolute Gasteiger partial charge is 0.283 e. The second-order valence-electron chi connectivity index (χ2n) is 8.26. The Hall–Kier alpha value is -3.22. The van der Waals surface area contributed by atoms with E-state index in [2.05, 4.69) is 12.2 Å². The van der Waals surface area contributed by atoms with Gasteiger partial charge in [-0.2, -0.15) is 0 Å². The number of benzene rings is 3. The Labute approximate surface area is 215 Å². The molecule has 0 atom stereocenters. The molecule has 0 unspecified atom stereocenters. The van der Waals surface area contributed by atoms with E-state index in [1.54, 1.807) is 6.07 Å². The molecule has 3 aromatic carbocycles. The Morgan fingerprint density at radius 1 is 1.00 bits per heavy atom. The molecule has 1 aliphatic rings. The van der Waals surface area contributed by atoms with Crippen molar-refractivity contribution in [3.8, 4) is 5.75 Å². The lowest BCUT2D eigenvalue weighted by Crippen LogP contribution is -2.32. The Morgan fingerprint density at radius 3 is 2.37 bits per heavy atom. The average Bonchev–Trinajstić information content (AvgIpc) is 3.09. The lowest BCUT2D eigenvalue weighted by Gasteiger charge is -2.17. The first-order valence-corrected chi connectivity index (χ1v) is 12.7. The fraction of sp³-hybridized carbons (Fsp3) is 0.214. The van der Waals surface area contributed by atoms with Crippen molar-refractivity contribution >= 4 is 46.6 Å². The number of nitrogens with one attached hydrogen (secondary N) is 1. The van der Waals surface area contributed by atoms with E-state index in [9.17, 15) is 9.59 Å². The van der Waals surface area contributed by atoms with Crippen molar-refractivity contribution in [3.05, 3.63) is 93.5 Å². The predicted molar refractivity (Wildman–Crippen MR) is 143 cm³/mol. The standard InChI is InChI=1S/C28H27ClN2O3S/c1-4-5-9-19-12-14-20(15-13-19)31-27(32)25(26(28(31)33)35-21-10-7-6-8-11-21)30-23-16-18(2)22(29)17-24(23)34-3/h6-8,10-17,30H,4-5,9H2,1-3H3. The summed E-state index contributed by atoms with van der Waals surface area (Å²) >= 11 is 7.53. The number of carbonyl (C=O) groups excluding carboxylic acids is 2. The van der Waals surface area contributed by atoms with Gasteiger partial charge in [-0.3, -0.25) is 9.59 Å². The zero-order chi connectivity index (χ0) is 24.9. The van der Waals surface area contributed by atoms with Gasteiger partial charge in [0.25, 0.3) is 11.8 Å². The number of nitrogens with zero attached hydrogens (tertiary/aromatic N) is 1. The molecule has 1 N–H and O–H groups in total. The summed E-state index contributed by atoms with van der Waals surface area (Å²) in [5.74, 6) is -0.294. The van der Waals surface area contributed by atoms with Gasteiger partial charge in [0.1, 0.15) is 16.4 Å². The quantitative estimate of drug-likeness (QED) is 0.317. The van der Waals surface area contributed by atoms with E-state index in [1.807, 2.05) is 67.6 Å². The van der Waals surface area contributed by atoms with Gasteiger partial charge in [-0.15, -0.1) is 0 Å². The molecule has 35 heavy (non-hydrogen) atoms. The van der Waals surface area contributed by atoms with Gasteiger partial charge >= 0.3 is 0 Å². The van der Waals surface area contributed by atoms with Crippen molar-refractivity contribution < 1.29 is 14.3 Å². The topological polar surface area (TPSA) is 58.6 Å². The maximum Gasteiger partial charge on any atom is 0.283 e. The zero-order valence-electron chi connectivity index (χ0n) is 19.9. The molecule has 4 rings (SSSR count). The summed E-state index contributed by atoms with van der Waals surface area (Å²) in [5.41, 5.74) is 3.32. The van der Waals surface area contributed by atoms with Crippen LogP contribution in [0.1, 0.15) is 30.9 Å². The summed E-state index contributed by atoms with van der Waals surface area (Å²) in [6.45, 7) is 4.02. The number of imide groups is 1. The van der Waals surface area contributed by atoms with Crippen molar-refractivity contribution in [2.24, 2.45) is 0 Å². The number of hydrogen-bond donors (Lipinski definition) is 1. The molecule has 180 valence electrons. The minimum Gasteiger partial charge on any atom is -0.495 e. The summed E-state index contributed by atoms with van der Waals surface area (Å²) in [4.78, 5) is 29.6. The Morgan fingerprint density at radius 2 is 1.71 bits per heavy atom. The third-order valence-corrected chi connectivity index (χ3v) is 7.26. The molecule has 3 aromatic rings. The van der Waals surface area contributed by atoms with E-state index >= 15 is 0 Å². The molecule has 7 heteroatoms. The molecular formula is C28H27ClN2O3S. The van der Waals surface area contributed by atoms with Crippen molar-refractivity contribution in [2.75, 3.05) is 17.3 Å². The van der Waals surface area contributed by atoms with Gasteiger partial charge in [0, 0.05) is 16.0 Å². The first-order valence-electron chi connectivity index (χ1n) is 11.5. The Kier molecular flexibility index (Phi) is 7.83. The number of carbonyl (C=O) groups is 2. The number of aryl methyl sites for hydroxylation is 2. The van der Waals surface area contributed by atoms with Crippen molar-refractivity contribution in [3.63, 3.8) is 0 Å². The van der Waals surface area contributed by atoms with Gasteiger partial charge in [-0.05, 0) is 61.2 Å². The van der Waals surface area contributed by atoms with Crippen LogP contribution in [-0.4, -0.2) is 18.9 Å². The van der Waals surface area contributed by atoms with E-state index in [0.717, 1.165) is 29.7 Å². The highest BCUT2D eigenvalue weighted by atomic mass is 35.5. The van der Waals surface area contributed by atoms with Crippen LogP contribution < -0.4 is 15.0 Å². The Balaban J connectivity index is 1.72. The fourth-order valence-electron chi connectivity index (χ4n) is 3.81. The molecule has 5 nitrogen and oxygen atoms in total. The Bertz CT molecular complexity index is 1270. The van der Waals surface area contributed by atoms with Gasteiger partial charge in [0.2, 0.25) is 0 Å². The molecule has 1 aliphatic heterocycles. The first-order chi connectivity index (χ1) is 16.9. The summed E-state index contributed by atoms with van der Waals surface area (Å²) in [6, 6.07) is 20.6. The van der Waals surface area contributed by atoms with Crippen LogP contribution in [0, 0.1) is 6.92 Å². The number of rotatable bonds is 9. The van der Waals surface area contributed by atoms with Crippen LogP contribution in [0.5, 0.6) is 5.75 Å². The minimum atomic E-state index is -0.413. The van der Waals surface area contributed by atoms with Crippen LogP contribution >= 0.6 is 23.4 Å². The molecule has 1 heterocycles. The van der Waals surface area contributed by atoms with Crippen molar-refractivity contribution in [1.82, 2.24) is 0 Å². The maximum atomic E-state index is 13.6. The second kappa shape index (κ2) is 11.0. The van der Waals surface area contributed by atoms with Crippen LogP contribution in [0.25, 0.3) is 0 Å². The summed E-state index contributed by atoms with van der Waals surface area (Å²) < 4.78 is 5.48. The van der Waals surface area contributed by atoms with Gasteiger partial charge in [-0.1, -0.05) is 67.0 Å². The number of anilines is 2. The number of unbranched alkanes of at least 4 members (excludes halogenated alkanes) is 1. The molecule has 2 amide bonds. The summed E-state index contributed by atoms with van der Waals surface area (Å²) in [5, 5.41) is 3.74. The number of methoxy groups -OCH3 is 1. The van der Waals surface area contributed by atoms with Crippen LogP contribution in [0.2, 0.25) is 5.02 Å².